The van der Waals surface area contributed by atoms with Crippen molar-refractivity contribution in [1.29, 1.82) is 0 Å². The molecule has 0 radical (unpaired) electrons. The van der Waals surface area contributed by atoms with Crippen LogP contribution in [0.1, 0.15) is 26.2 Å². The molecular weight excluding hydrogens is 380 g/mol. The van der Waals surface area contributed by atoms with Gasteiger partial charge in [-0.15, -0.1) is 0 Å². The van der Waals surface area contributed by atoms with Gasteiger partial charge in [-0.05, 0) is 0 Å². The quantitative estimate of drug-likeness (QED) is 0.188. The first-order valence-electron chi connectivity index (χ1n) is 8.92. The van der Waals surface area contributed by atoms with Crippen molar-refractivity contribution in [3.8, 4) is 0 Å². The summed E-state index contributed by atoms with van der Waals surface area (Å²) in [6.07, 6.45) is 1.20. The summed E-state index contributed by atoms with van der Waals surface area (Å²) in [5, 5.41) is 34.0. The summed E-state index contributed by atoms with van der Waals surface area (Å²) < 4.78 is 32.7. The van der Waals surface area contributed by atoms with Gasteiger partial charge < -0.3 is 29.4 Å². The summed E-state index contributed by atoms with van der Waals surface area (Å²) in [4.78, 5) is 10.00. The van der Waals surface area contributed by atoms with E-state index >= 15 is 0 Å². The Kier molecular flexibility index (Phi) is 14.1. The molecular formula is C16H38N2O8S+2. The first kappa shape index (κ1) is 28.4. The van der Waals surface area contributed by atoms with E-state index < -0.39 is 21.5 Å². The molecule has 0 aromatic rings. The molecule has 0 aliphatic heterocycles. The van der Waals surface area contributed by atoms with Crippen LogP contribution in [-0.4, -0.2) is 121 Å². The number of likely N-dealkylation sites (N-methyl/N-ethyl adjacent to an activating group) is 1. The van der Waals surface area contributed by atoms with Gasteiger partial charge in [-0.25, -0.2) is 4.79 Å². The number of carboxylic acids is 1. The molecule has 0 bridgehead atoms. The minimum absolute atomic E-state index is 0.0422. The third-order valence-corrected chi connectivity index (χ3v) is 5.41. The standard InChI is InChI=1S/C11H25NO6S.C5H11NO2/c1-11(19(16,17)18)12(5-2-8-13,6-3-9-14)7-4-10-15;1-6(2,3)4-5(7)8/h11,13-15H,2-10H2,1H3;4H2,1-3H3/p+2. The predicted molar refractivity (Wildman–Crippen MR) is 102 cm³/mol. The SMILES string of the molecule is CC([N+](CCCO)(CCCO)CCCO)S(=O)(=O)O.C[N+](C)(C)CC(=O)O. The minimum atomic E-state index is -4.22. The normalized spacial score (nSPS) is 13.6. The molecule has 0 aliphatic rings. The highest BCUT2D eigenvalue weighted by molar-refractivity contribution is 7.86. The highest BCUT2D eigenvalue weighted by atomic mass is 32.2. The molecule has 0 aliphatic carbocycles. The zero-order valence-corrected chi connectivity index (χ0v) is 17.7. The second kappa shape index (κ2) is 13.4. The second-order valence-corrected chi connectivity index (χ2v) is 9.29. The van der Waals surface area contributed by atoms with Crippen LogP contribution >= 0.6 is 0 Å². The molecule has 5 N–H and O–H groups in total. The number of aliphatic hydroxyl groups excluding tert-OH is 3. The Morgan fingerprint density at radius 3 is 1.37 bits per heavy atom. The monoisotopic (exact) mass is 418 g/mol. The number of nitrogens with zero attached hydrogens (tertiary/aromatic N) is 2. The van der Waals surface area contributed by atoms with Gasteiger partial charge in [0.1, 0.15) is 0 Å². The number of hydrogen-bond acceptors (Lipinski definition) is 6. The summed E-state index contributed by atoms with van der Waals surface area (Å²) >= 11 is 0. The van der Waals surface area contributed by atoms with Gasteiger partial charge >= 0.3 is 16.1 Å². The largest absolute Gasteiger partial charge is 0.477 e. The third-order valence-electron chi connectivity index (χ3n) is 4.10. The maximum atomic E-state index is 11.4. The van der Waals surface area contributed by atoms with Crippen LogP contribution in [0.25, 0.3) is 0 Å². The Hall–Kier alpha value is -0.820. The van der Waals surface area contributed by atoms with Crippen molar-refractivity contribution in [3.05, 3.63) is 0 Å². The molecule has 27 heavy (non-hydrogen) atoms. The summed E-state index contributed by atoms with van der Waals surface area (Å²) in [5.41, 5.74) is 0. The number of aliphatic hydroxyl groups is 3. The van der Waals surface area contributed by atoms with Crippen molar-refractivity contribution < 1.29 is 47.2 Å². The van der Waals surface area contributed by atoms with Gasteiger partial charge in [0, 0.05) is 46.0 Å². The van der Waals surface area contributed by atoms with Crippen molar-refractivity contribution in [2.75, 3.05) is 67.1 Å². The zero-order chi connectivity index (χ0) is 21.7. The molecule has 10 nitrogen and oxygen atoms in total. The van der Waals surface area contributed by atoms with E-state index in [0.29, 0.717) is 43.4 Å². The molecule has 0 rings (SSSR count). The first-order valence-corrected chi connectivity index (χ1v) is 10.4. The number of carboxylic acid groups (broad SMARTS) is 1. The van der Waals surface area contributed by atoms with Crippen molar-refractivity contribution >= 4 is 16.1 Å². The molecule has 0 saturated carbocycles. The van der Waals surface area contributed by atoms with Gasteiger partial charge in [0.15, 0.2) is 6.54 Å². The Labute approximate surface area is 162 Å². The number of aliphatic carboxylic acids is 1. The number of carbonyl (C=O) groups is 1. The number of hydrogen-bond donors (Lipinski definition) is 5. The smallest absolute Gasteiger partial charge is 0.359 e. The molecule has 164 valence electrons. The van der Waals surface area contributed by atoms with E-state index in [1.54, 1.807) is 0 Å². The lowest BCUT2D eigenvalue weighted by atomic mass is 10.2. The van der Waals surface area contributed by atoms with Crippen molar-refractivity contribution in [2.24, 2.45) is 0 Å². The molecule has 0 fully saturated rings. The minimum Gasteiger partial charge on any atom is -0.477 e. The Morgan fingerprint density at radius 1 is 0.889 bits per heavy atom. The zero-order valence-electron chi connectivity index (χ0n) is 16.9. The van der Waals surface area contributed by atoms with Gasteiger partial charge in [0.2, 0.25) is 5.37 Å². The Morgan fingerprint density at radius 2 is 1.22 bits per heavy atom. The fourth-order valence-electron chi connectivity index (χ4n) is 2.73. The van der Waals surface area contributed by atoms with E-state index in [4.69, 9.17) is 20.4 Å². The predicted octanol–water partition coefficient (Wildman–Crippen LogP) is -1.04. The van der Waals surface area contributed by atoms with Crippen LogP contribution in [0.3, 0.4) is 0 Å². The maximum Gasteiger partial charge on any atom is 0.359 e. The summed E-state index contributed by atoms with van der Waals surface area (Å²) in [5.74, 6) is -0.752. The van der Waals surface area contributed by atoms with Gasteiger partial charge in [-0.2, -0.15) is 8.42 Å². The molecule has 1 unspecified atom stereocenters. The summed E-state index contributed by atoms with van der Waals surface area (Å²) in [6.45, 7) is 2.50. The van der Waals surface area contributed by atoms with Crippen LogP contribution in [0.4, 0.5) is 0 Å². The van der Waals surface area contributed by atoms with E-state index in [0.717, 1.165) is 0 Å². The lowest BCUT2D eigenvalue weighted by Gasteiger charge is -2.42. The topological polar surface area (TPSA) is 152 Å². The molecule has 0 aromatic heterocycles. The molecule has 0 spiro atoms. The number of quaternary nitrogens is 2. The Balaban J connectivity index is 0. The summed E-state index contributed by atoms with van der Waals surface area (Å²) in [6, 6.07) is 0. The number of rotatable bonds is 13. The van der Waals surface area contributed by atoms with E-state index in [1.165, 1.54) is 6.92 Å². The van der Waals surface area contributed by atoms with E-state index in [1.807, 2.05) is 21.1 Å². The fourth-order valence-corrected chi connectivity index (χ4v) is 3.61. The van der Waals surface area contributed by atoms with Crippen LogP contribution in [0.15, 0.2) is 0 Å². The lowest BCUT2D eigenvalue weighted by Crippen LogP contribution is -2.59. The molecule has 11 heteroatoms. The van der Waals surface area contributed by atoms with Crippen LogP contribution in [0.5, 0.6) is 0 Å². The highest BCUT2D eigenvalue weighted by Gasteiger charge is 2.40. The van der Waals surface area contributed by atoms with Gasteiger partial charge in [0.25, 0.3) is 0 Å². The average Bonchev–Trinajstić information content (AvgIpc) is 2.51. The van der Waals surface area contributed by atoms with E-state index in [-0.39, 0.29) is 30.8 Å². The maximum absolute atomic E-state index is 11.4. The van der Waals surface area contributed by atoms with Gasteiger partial charge in [-0.3, -0.25) is 4.55 Å². The van der Waals surface area contributed by atoms with Crippen LogP contribution < -0.4 is 0 Å². The van der Waals surface area contributed by atoms with E-state index in [9.17, 15) is 17.8 Å². The molecule has 0 heterocycles. The van der Waals surface area contributed by atoms with Crippen molar-refractivity contribution in [1.82, 2.24) is 0 Å². The van der Waals surface area contributed by atoms with Gasteiger partial charge in [-0.1, -0.05) is 0 Å². The van der Waals surface area contributed by atoms with Crippen molar-refractivity contribution in [3.63, 3.8) is 0 Å². The van der Waals surface area contributed by atoms with Crippen LogP contribution in [-0.2, 0) is 14.9 Å². The van der Waals surface area contributed by atoms with E-state index in [2.05, 4.69) is 0 Å². The van der Waals surface area contributed by atoms with Crippen LogP contribution in [0, 0.1) is 0 Å². The lowest BCUT2D eigenvalue weighted by molar-refractivity contribution is -0.937. The average molecular weight is 419 g/mol. The first-order chi connectivity index (χ1) is 12.3. The molecule has 1 atom stereocenters. The van der Waals surface area contributed by atoms with Gasteiger partial charge in [0.05, 0.1) is 40.8 Å². The summed E-state index contributed by atoms with van der Waals surface area (Å²) in [7, 11) is 1.30. The highest BCUT2D eigenvalue weighted by Crippen LogP contribution is 2.21. The third kappa shape index (κ3) is 13.9. The molecule has 0 amide bonds. The molecule has 0 saturated heterocycles. The molecule has 0 aromatic carbocycles. The van der Waals surface area contributed by atoms with Crippen LogP contribution in [0.2, 0.25) is 0 Å². The Bertz CT molecular complexity index is 483. The van der Waals surface area contributed by atoms with Crippen molar-refractivity contribution in [2.45, 2.75) is 31.6 Å². The second-order valence-electron chi connectivity index (χ2n) is 7.58. The fraction of sp³-hybridized carbons (Fsp3) is 0.938.